The lowest BCUT2D eigenvalue weighted by Crippen LogP contribution is -2.45. The lowest BCUT2D eigenvalue weighted by molar-refractivity contribution is -0.119. The third kappa shape index (κ3) is 8.60. The number of anilines is 2. The zero-order valence-electron chi connectivity index (χ0n) is 27.7. The summed E-state index contributed by atoms with van der Waals surface area (Å²) < 4.78 is 30.8. The van der Waals surface area contributed by atoms with Crippen LogP contribution in [0, 0.1) is 5.92 Å². The van der Waals surface area contributed by atoms with E-state index in [-0.39, 0.29) is 29.2 Å². The van der Waals surface area contributed by atoms with Crippen molar-refractivity contribution in [3.63, 3.8) is 0 Å². The van der Waals surface area contributed by atoms with Crippen LogP contribution in [-0.2, 0) is 32.2 Å². The molecule has 3 saturated heterocycles. The number of rotatable bonds is 8. The molecule has 2 amide bonds. The number of sulfone groups is 1. The van der Waals surface area contributed by atoms with Crippen LogP contribution in [0.4, 0.5) is 16.2 Å². The molecule has 0 radical (unpaired) electrons. The summed E-state index contributed by atoms with van der Waals surface area (Å²) in [5, 5.41) is 2.94. The molecule has 9 nitrogen and oxygen atoms in total. The van der Waals surface area contributed by atoms with Crippen LogP contribution < -0.4 is 15.1 Å². The van der Waals surface area contributed by atoms with Gasteiger partial charge in [-0.25, -0.2) is 13.2 Å². The number of benzene rings is 3. The van der Waals surface area contributed by atoms with Crippen LogP contribution >= 0.6 is 11.8 Å². The number of carbonyl (C=O) groups excluding carboxylic acids is 2. The number of ether oxygens (including phenoxy) is 1. The van der Waals surface area contributed by atoms with Gasteiger partial charge in [0.15, 0.2) is 15.0 Å². The second-order valence-electron chi connectivity index (χ2n) is 13.9. The average molecular weight is 689 g/mol. The van der Waals surface area contributed by atoms with Gasteiger partial charge in [0.05, 0.1) is 17.5 Å². The number of amidine groups is 1. The Morgan fingerprint density at radius 1 is 0.896 bits per heavy atom. The molecule has 3 aliphatic rings. The van der Waals surface area contributed by atoms with Gasteiger partial charge in [-0.05, 0) is 81.3 Å². The van der Waals surface area contributed by atoms with E-state index in [1.807, 2.05) is 47.4 Å². The maximum Gasteiger partial charge on any atom is 0.408 e. The Balaban J connectivity index is 1.20. The van der Waals surface area contributed by atoms with E-state index in [0.29, 0.717) is 11.1 Å². The Labute approximate surface area is 288 Å². The van der Waals surface area contributed by atoms with Gasteiger partial charge in [-0.2, -0.15) is 4.99 Å². The summed E-state index contributed by atoms with van der Waals surface area (Å²) in [5.41, 5.74) is 3.44. The average Bonchev–Trinajstić information content (AvgIpc) is 3.51. The van der Waals surface area contributed by atoms with Crippen LogP contribution in [0.1, 0.15) is 44.7 Å². The lowest BCUT2D eigenvalue weighted by atomic mass is 9.90. The first-order valence-electron chi connectivity index (χ1n) is 16.6. The lowest BCUT2D eigenvalue weighted by Gasteiger charge is -2.34. The molecule has 3 aromatic rings. The molecule has 0 spiro atoms. The van der Waals surface area contributed by atoms with Gasteiger partial charge in [-0.3, -0.25) is 4.79 Å². The van der Waals surface area contributed by atoms with Crippen molar-refractivity contribution in [1.82, 2.24) is 5.32 Å². The number of aliphatic imine (C=N–C) groups is 1. The van der Waals surface area contributed by atoms with Crippen LogP contribution in [0.25, 0.3) is 0 Å². The molecule has 1 N–H and O–H groups in total. The third-order valence-electron chi connectivity index (χ3n) is 9.02. The molecule has 0 aliphatic carbocycles. The van der Waals surface area contributed by atoms with Crippen molar-refractivity contribution in [3.8, 4) is 0 Å². The molecule has 0 saturated carbocycles. The zero-order chi connectivity index (χ0) is 33.9. The van der Waals surface area contributed by atoms with E-state index < -0.39 is 33.5 Å². The van der Waals surface area contributed by atoms with E-state index in [0.717, 1.165) is 49.3 Å². The Kier molecular flexibility index (Phi) is 10.2. The molecular weight excluding hydrogens is 645 g/mol. The largest absolute Gasteiger partial charge is 0.444 e. The molecule has 3 aromatic carbocycles. The van der Waals surface area contributed by atoms with Crippen molar-refractivity contribution in [2.24, 2.45) is 10.9 Å². The molecular formula is C37H44N4O5S2. The molecule has 0 aromatic heterocycles. The number of thioether (sulfide) groups is 1. The molecule has 3 heterocycles. The summed E-state index contributed by atoms with van der Waals surface area (Å²) in [7, 11) is -3.23. The molecule has 11 heteroatoms. The number of alkyl carbamates (subject to hydrolysis) is 1. The summed E-state index contributed by atoms with van der Waals surface area (Å²) in [4.78, 5) is 35.4. The first kappa shape index (κ1) is 34.0. The zero-order valence-corrected chi connectivity index (χ0v) is 29.4. The predicted molar refractivity (Wildman–Crippen MR) is 194 cm³/mol. The van der Waals surface area contributed by atoms with Gasteiger partial charge in [0.25, 0.3) is 5.91 Å². The second-order valence-corrected chi connectivity index (χ2v) is 17.3. The Bertz CT molecular complexity index is 1720. The Hall–Kier alpha value is -3.83. The molecule has 6 rings (SSSR count). The van der Waals surface area contributed by atoms with Crippen LogP contribution in [0.2, 0.25) is 0 Å². The van der Waals surface area contributed by atoms with Gasteiger partial charge >= 0.3 is 6.09 Å². The molecule has 3 fully saturated rings. The topological polar surface area (TPSA) is 108 Å². The second kappa shape index (κ2) is 14.3. The SMILES string of the molecule is CC(C)(C)OC(=O)N[C@@H](Cc1ccccc1)C(=O)N=C1S[C@H]2CS(=O)(=O)C[C@@H]2N1c1ccc(N2CCC(Cc3ccccc3)CC2)cc1. The van der Waals surface area contributed by atoms with Gasteiger partial charge in [0, 0.05) is 36.1 Å². The highest BCUT2D eigenvalue weighted by Crippen LogP contribution is 2.41. The third-order valence-corrected chi connectivity index (χ3v) is 12.2. The first-order valence-corrected chi connectivity index (χ1v) is 19.3. The normalized spacial score (nSPS) is 22.4. The van der Waals surface area contributed by atoms with Crippen molar-refractivity contribution < 1.29 is 22.7 Å². The quantitative estimate of drug-likeness (QED) is 0.313. The Morgan fingerprint density at radius 3 is 2.12 bits per heavy atom. The van der Waals surface area contributed by atoms with E-state index in [4.69, 9.17) is 4.74 Å². The molecule has 0 unspecified atom stereocenters. The number of fused-ring (bicyclic) bond motifs is 1. The molecule has 0 bridgehead atoms. The summed E-state index contributed by atoms with van der Waals surface area (Å²) >= 11 is 1.32. The minimum absolute atomic E-state index is 0.00183. The van der Waals surface area contributed by atoms with Crippen molar-refractivity contribution in [3.05, 3.63) is 96.1 Å². The molecule has 254 valence electrons. The number of amides is 2. The summed E-state index contributed by atoms with van der Waals surface area (Å²) in [6, 6.07) is 27.0. The highest BCUT2D eigenvalue weighted by atomic mass is 32.2. The van der Waals surface area contributed by atoms with Gasteiger partial charge in [-0.1, -0.05) is 72.4 Å². The molecule has 3 atom stereocenters. The number of carbonyl (C=O) groups is 2. The van der Waals surface area contributed by atoms with Crippen molar-refractivity contribution >= 4 is 50.1 Å². The monoisotopic (exact) mass is 688 g/mol. The fourth-order valence-electron chi connectivity index (χ4n) is 6.71. The number of hydrogen-bond donors (Lipinski definition) is 1. The van der Waals surface area contributed by atoms with Gasteiger partial charge < -0.3 is 19.9 Å². The van der Waals surface area contributed by atoms with E-state index in [9.17, 15) is 18.0 Å². The fourth-order valence-corrected chi connectivity index (χ4v) is 10.6. The van der Waals surface area contributed by atoms with E-state index in [2.05, 4.69) is 57.7 Å². The highest BCUT2D eigenvalue weighted by Gasteiger charge is 2.49. The summed E-state index contributed by atoms with van der Waals surface area (Å²) in [6.45, 7) is 7.25. The summed E-state index contributed by atoms with van der Waals surface area (Å²) in [6.07, 6.45) is 2.89. The number of nitrogens with one attached hydrogen (secondary N) is 1. The molecule has 3 aliphatic heterocycles. The predicted octanol–water partition coefficient (Wildman–Crippen LogP) is 5.88. The van der Waals surface area contributed by atoms with Crippen molar-refractivity contribution in [2.75, 3.05) is 34.4 Å². The van der Waals surface area contributed by atoms with Crippen LogP contribution in [-0.4, -0.2) is 73.1 Å². The van der Waals surface area contributed by atoms with Gasteiger partial charge in [-0.15, -0.1) is 0 Å². The smallest absolute Gasteiger partial charge is 0.408 e. The van der Waals surface area contributed by atoms with Crippen LogP contribution in [0.3, 0.4) is 0 Å². The maximum atomic E-state index is 13.8. The number of hydrogen-bond acceptors (Lipinski definition) is 7. The van der Waals surface area contributed by atoms with Gasteiger partial charge in [0.1, 0.15) is 11.6 Å². The van der Waals surface area contributed by atoms with Crippen molar-refractivity contribution in [2.45, 2.75) is 69.4 Å². The summed E-state index contributed by atoms with van der Waals surface area (Å²) in [5.74, 6) is 0.178. The van der Waals surface area contributed by atoms with E-state index in [1.54, 1.807) is 20.8 Å². The van der Waals surface area contributed by atoms with E-state index in [1.165, 1.54) is 17.3 Å². The number of piperidine rings is 1. The van der Waals surface area contributed by atoms with Crippen LogP contribution in [0.15, 0.2) is 89.9 Å². The maximum absolute atomic E-state index is 13.8. The number of nitrogens with zero attached hydrogens (tertiary/aromatic N) is 3. The van der Waals surface area contributed by atoms with Gasteiger partial charge in [0.2, 0.25) is 0 Å². The highest BCUT2D eigenvalue weighted by molar-refractivity contribution is 8.16. The van der Waals surface area contributed by atoms with Crippen molar-refractivity contribution in [1.29, 1.82) is 0 Å². The fraction of sp³-hybridized carbons (Fsp3) is 0.432. The molecule has 48 heavy (non-hydrogen) atoms. The van der Waals surface area contributed by atoms with E-state index >= 15 is 0 Å². The minimum atomic E-state index is -3.23. The standard InChI is InChI=1S/C37H44N4O5S2/c1-37(2,3)46-36(43)38-31(23-27-12-8-5-9-13-27)34(42)39-35-41(32-24-48(44,45)25-33(32)47-35)30-16-14-29(15-17-30)40-20-18-28(19-21-40)22-26-10-6-4-7-11-26/h4-17,28,31-33H,18-25H2,1-3H3,(H,38,43)/t31-,32-,33-/m0/s1. The Morgan fingerprint density at radius 2 is 1.50 bits per heavy atom. The minimum Gasteiger partial charge on any atom is -0.444 e. The first-order chi connectivity index (χ1) is 22.9. The van der Waals surface area contributed by atoms with Crippen LogP contribution in [0.5, 0.6) is 0 Å².